The molecule has 0 unspecified atom stereocenters. The lowest BCUT2D eigenvalue weighted by Gasteiger charge is -2.16. The highest BCUT2D eigenvalue weighted by Crippen LogP contribution is 2.31. The summed E-state index contributed by atoms with van der Waals surface area (Å²) in [6.45, 7) is 0.795. The zero-order chi connectivity index (χ0) is 21.1. The highest BCUT2D eigenvalue weighted by molar-refractivity contribution is 6.16. The molecule has 6 heteroatoms. The number of carbonyl (C=O) groups is 2. The van der Waals surface area contributed by atoms with Crippen LogP contribution in [0, 0.1) is 0 Å². The summed E-state index contributed by atoms with van der Waals surface area (Å²) in [6, 6.07) is 20.2. The fourth-order valence-corrected chi connectivity index (χ4v) is 3.54. The van der Waals surface area contributed by atoms with E-state index in [0.717, 1.165) is 28.3 Å². The van der Waals surface area contributed by atoms with Crippen molar-refractivity contribution in [1.29, 1.82) is 0 Å². The quantitative estimate of drug-likeness (QED) is 0.681. The number of rotatable bonds is 6. The third-order valence-corrected chi connectivity index (χ3v) is 5.18. The lowest BCUT2D eigenvalue weighted by Crippen LogP contribution is -2.27. The lowest BCUT2D eigenvalue weighted by molar-refractivity contribution is 0.0934. The maximum absolute atomic E-state index is 13.1. The summed E-state index contributed by atoms with van der Waals surface area (Å²) in [6.07, 6.45) is 0. The molecule has 1 aliphatic heterocycles. The van der Waals surface area contributed by atoms with Gasteiger partial charge in [0, 0.05) is 12.2 Å². The van der Waals surface area contributed by atoms with Crippen LogP contribution in [0.2, 0.25) is 0 Å². The Morgan fingerprint density at radius 1 is 0.933 bits per heavy atom. The van der Waals surface area contributed by atoms with Crippen LogP contribution in [-0.2, 0) is 13.1 Å². The van der Waals surface area contributed by atoms with E-state index in [9.17, 15) is 9.59 Å². The van der Waals surface area contributed by atoms with E-state index in [1.165, 1.54) is 0 Å². The van der Waals surface area contributed by atoms with Gasteiger partial charge in [-0.25, -0.2) is 0 Å². The summed E-state index contributed by atoms with van der Waals surface area (Å²) in [4.78, 5) is 27.6. The molecule has 0 bridgehead atoms. The average Bonchev–Trinajstić information content (AvgIpc) is 3.14. The van der Waals surface area contributed by atoms with Gasteiger partial charge in [-0.2, -0.15) is 0 Å². The van der Waals surface area contributed by atoms with E-state index in [4.69, 9.17) is 9.47 Å². The first kappa shape index (κ1) is 19.5. The van der Waals surface area contributed by atoms with Crippen molar-refractivity contribution >= 4 is 17.5 Å². The summed E-state index contributed by atoms with van der Waals surface area (Å²) in [5.41, 5.74) is 3.40. The molecule has 0 atom stereocenters. The van der Waals surface area contributed by atoms with Gasteiger partial charge in [-0.05, 0) is 53.6 Å². The lowest BCUT2D eigenvalue weighted by atomic mass is 10.0. The van der Waals surface area contributed by atoms with Crippen molar-refractivity contribution in [3.8, 4) is 11.5 Å². The van der Waals surface area contributed by atoms with Gasteiger partial charge in [-0.3, -0.25) is 9.59 Å². The van der Waals surface area contributed by atoms with Crippen LogP contribution < -0.4 is 19.7 Å². The zero-order valence-electron chi connectivity index (χ0n) is 16.8. The molecule has 0 saturated heterocycles. The Kier molecular flexibility index (Phi) is 5.39. The predicted molar refractivity (Wildman–Crippen MR) is 114 cm³/mol. The maximum atomic E-state index is 13.1. The largest absolute Gasteiger partial charge is 0.497 e. The van der Waals surface area contributed by atoms with Crippen molar-refractivity contribution in [2.75, 3.05) is 19.1 Å². The number of fused-ring (bicyclic) bond motifs is 1. The van der Waals surface area contributed by atoms with Gasteiger partial charge in [0.05, 0.1) is 31.9 Å². The van der Waals surface area contributed by atoms with Crippen molar-refractivity contribution in [2.24, 2.45) is 0 Å². The Balaban J connectivity index is 1.52. The van der Waals surface area contributed by atoms with Crippen LogP contribution in [0.5, 0.6) is 11.5 Å². The second kappa shape index (κ2) is 8.29. The minimum Gasteiger partial charge on any atom is -0.497 e. The number of nitrogens with one attached hydrogen (secondary N) is 1. The Labute approximate surface area is 175 Å². The Morgan fingerprint density at radius 2 is 1.57 bits per heavy atom. The van der Waals surface area contributed by atoms with E-state index >= 15 is 0 Å². The predicted octanol–water partition coefficient (Wildman–Crippen LogP) is 3.79. The Bertz CT molecular complexity index is 1080. The van der Waals surface area contributed by atoms with E-state index in [-0.39, 0.29) is 11.8 Å². The summed E-state index contributed by atoms with van der Waals surface area (Å²) in [5.74, 6) is 1.04. The number of ether oxygens (including phenoxy) is 2. The van der Waals surface area contributed by atoms with Gasteiger partial charge in [-0.15, -0.1) is 0 Å². The number of carbonyl (C=O) groups excluding carboxylic acids is 2. The molecule has 0 spiro atoms. The van der Waals surface area contributed by atoms with Crippen molar-refractivity contribution in [3.63, 3.8) is 0 Å². The van der Waals surface area contributed by atoms with Crippen LogP contribution in [0.3, 0.4) is 0 Å². The molecule has 0 radical (unpaired) electrons. The molecular formula is C24H22N2O4. The molecule has 1 aliphatic rings. The van der Waals surface area contributed by atoms with Crippen LogP contribution in [0.1, 0.15) is 31.8 Å². The maximum Gasteiger partial charge on any atom is 0.259 e. The molecule has 6 nitrogen and oxygen atoms in total. The van der Waals surface area contributed by atoms with E-state index in [2.05, 4.69) is 5.32 Å². The second-order valence-electron chi connectivity index (χ2n) is 6.96. The highest BCUT2D eigenvalue weighted by atomic mass is 16.5. The Hall–Kier alpha value is -3.80. The molecule has 0 fully saturated rings. The number of benzene rings is 3. The topological polar surface area (TPSA) is 67.9 Å². The van der Waals surface area contributed by atoms with Crippen molar-refractivity contribution in [1.82, 2.24) is 5.32 Å². The number of hydrogen-bond donors (Lipinski definition) is 1. The van der Waals surface area contributed by atoms with Gasteiger partial charge in [0.25, 0.3) is 11.8 Å². The SMILES string of the molecule is COc1ccc(CNC(=O)c2cccc3c2C(=O)N(c2ccc(OC)cc2)C3)cc1. The minimum absolute atomic E-state index is 0.176. The van der Waals surface area contributed by atoms with Crippen molar-refractivity contribution < 1.29 is 19.1 Å². The number of methoxy groups -OCH3 is 2. The third-order valence-electron chi connectivity index (χ3n) is 5.18. The molecule has 0 aliphatic carbocycles. The fraction of sp³-hybridized carbons (Fsp3) is 0.167. The monoisotopic (exact) mass is 402 g/mol. The van der Waals surface area contributed by atoms with Gasteiger partial charge < -0.3 is 19.7 Å². The van der Waals surface area contributed by atoms with E-state index in [0.29, 0.717) is 24.2 Å². The number of hydrogen-bond acceptors (Lipinski definition) is 4. The standard InChI is InChI=1S/C24H22N2O4/c1-29-19-10-6-16(7-11-19)14-25-23(27)21-5-3-4-17-15-26(24(28)22(17)21)18-8-12-20(30-2)13-9-18/h3-13H,14-15H2,1-2H3,(H,25,27). The molecule has 4 rings (SSSR count). The van der Waals surface area contributed by atoms with Crippen LogP contribution in [-0.4, -0.2) is 26.0 Å². The fourth-order valence-electron chi connectivity index (χ4n) is 3.54. The molecule has 3 aromatic rings. The summed E-state index contributed by atoms with van der Waals surface area (Å²) in [5, 5.41) is 2.91. The molecule has 1 N–H and O–H groups in total. The van der Waals surface area contributed by atoms with Gasteiger partial charge in [-0.1, -0.05) is 24.3 Å². The second-order valence-corrected chi connectivity index (χ2v) is 6.96. The molecule has 1 heterocycles. The first-order valence-corrected chi connectivity index (χ1v) is 9.59. The molecule has 30 heavy (non-hydrogen) atoms. The number of anilines is 1. The molecule has 152 valence electrons. The van der Waals surface area contributed by atoms with Crippen LogP contribution in [0.15, 0.2) is 66.7 Å². The minimum atomic E-state index is -0.271. The van der Waals surface area contributed by atoms with Crippen LogP contribution >= 0.6 is 0 Å². The van der Waals surface area contributed by atoms with E-state index in [1.54, 1.807) is 25.2 Å². The van der Waals surface area contributed by atoms with Crippen LogP contribution in [0.4, 0.5) is 5.69 Å². The molecular weight excluding hydrogens is 380 g/mol. The van der Waals surface area contributed by atoms with Gasteiger partial charge in [0.15, 0.2) is 0 Å². The summed E-state index contributed by atoms with van der Waals surface area (Å²) in [7, 11) is 3.21. The molecule has 0 aromatic heterocycles. The van der Waals surface area contributed by atoms with Gasteiger partial charge in [0.2, 0.25) is 0 Å². The van der Waals surface area contributed by atoms with Gasteiger partial charge >= 0.3 is 0 Å². The Morgan fingerprint density at radius 3 is 2.20 bits per heavy atom. The normalized spacial score (nSPS) is 12.5. The van der Waals surface area contributed by atoms with Gasteiger partial charge in [0.1, 0.15) is 11.5 Å². The smallest absolute Gasteiger partial charge is 0.259 e. The first-order valence-electron chi connectivity index (χ1n) is 9.59. The number of amides is 2. The van der Waals surface area contributed by atoms with E-state index < -0.39 is 0 Å². The zero-order valence-corrected chi connectivity index (χ0v) is 16.8. The molecule has 2 amide bonds. The third kappa shape index (κ3) is 3.72. The van der Waals surface area contributed by atoms with Crippen molar-refractivity contribution in [3.05, 3.63) is 89.0 Å². The highest BCUT2D eigenvalue weighted by Gasteiger charge is 2.32. The van der Waals surface area contributed by atoms with Crippen LogP contribution in [0.25, 0.3) is 0 Å². The first-order chi connectivity index (χ1) is 14.6. The molecule has 0 saturated carbocycles. The van der Waals surface area contributed by atoms with E-state index in [1.807, 2.05) is 60.7 Å². The molecule has 3 aromatic carbocycles. The summed E-state index contributed by atoms with van der Waals surface area (Å²) >= 11 is 0. The average molecular weight is 402 g/mol. The van der Waals surface area contributed by atoms with Crippen molar-refractivity contribution in [2.45, 2.75) is 13.1 Å². The number of nitrogens with zero attached hydrogens (tertiary/aromatic N) is 1. The summed E-state index contributed by atoms with van der Waals surface area (Å²) < 4.78 is 10.3.